The first-order chi connectivity index (χ1) is 36.5. The second kappa shape index (κ2) is 17.3. The van der Waals surface area contributed by atoms with Crippen LogP contribution in [0.15, 0.2) is 86.0 Å². The number of anilines is 8. The number of nitrogen functional groups attached to an aromatic ring is 2. The van der Waals surface area contributed by atoms with Crippen molar-refractivity contribution in [1.29, 1.82) is 0 Å². The Balaban J connectivity index is 0.000000146. The highest BCUT2D eigenvalue weighted by Crippen LogP contribution is 2.45. The van der Waals surface area contributed by atoms with Gasteiger partial charge >= 0.3 is 0 Å². The van der Waals surface area contributed by atoms with E-state index in [1.54, 1.807) is 24.8 Å². The molecule has 22 nitrogen and oxygen atoms in total. The van der Waals surface area contributed by atoms with Gasteiger partial charge in [0.25, 0.3) is 0 Å². The van der Waals surface area contributed by atoms with Gasteiger partial charge in [0.1, 0.15) is 47.1 Å². The molecule has 384 valence electrons. The van der Waals surface area contributed by atoms with Crippen LogP contribution in [-0.4, -0.2) is 89.9 Å². The summed E-state index contributed by atoms with van der Waals surface area (Å²) in [4.78, 5) is 36.5. The molecule has 14 heterocycles. The second-order valence-electron chi connectivity index (χ2n) is 21.2. The number of hydrogen-bond acceptors (Lipinski definition) is 18. The van der Waals surface area contributed by atoms with Gasteiger partial charge in [-0.05, 0) is 87.7 Å². The standard InChI is InChI=1S/2C27H28N10O/c2*1-14-17(11-31-24-23(14)34-27(2,3)25(24)38)19-8-15-9-20(30-12-18(15)26(28)32-19)33-21-10-16-4-6-36-7-5-29-22(36)13-37(16)35-21/h2*5,7-12,25,34,38H,4,6,13H2,1-3H3,(H2,28,32)(H,30,33,35)/t2*25-/m10/s1. The van der Waals surface area contributed by atoms with Crippen molar-refractivity contribution in [2.75, 3.05) is 32.7 Å². The summed E-state index contributed by atoms with van der Waals surface area (Å²) in [7, 11) is 0. The molecule has 0 aromatic carbocycles. The maximum Gasteiger partial charge on any atom is 0.153 e. The Bertz CT molecular complexity index is 3720. The zero-order chi connectivity index (χ0) is 52.4. The Hall–Kier alpha value is -9.02. The lowest BCUT2D eigenvalue weighted by Crippen LogP contribution is -2.32. The number of aromatic nitrogens is 14. The van der Waals surface area contributed by atoms with Gasteiger partial charge in [-0.25, -0.2) is 29.9 Å². The van der Waals surface area contributed by atoms with E-state index in [0.29, 0.717) is 59.1 Å². The van der Waals surface area contributed by atoms with E-state index in [1.165, 1.54) is 0 Å². The van der Waals surface area contributed by atoms with Crippen LogP contribution < -0.4 is 32.7 Å². The number of nitrogens with one attached hydrogen (secondary N) is 4. The van der Waals surface area contributed by atoms with E-state index in [2.05, 4.69) is 82.4 Å². The van der Waals surface area contributed by atoms with Gasteiger partial charge in [0, 0.05) is 121 Å². The molecule has 0 bridgehead atoms. The van der Waals surface area contributed by atoms with Gasteiger partial charge < -0.3 is 52.1 Å². The molecule has 0 saturated carbocycles. The van der Waals surface area contributed by atoms with E-state index in [-0.39, 0.29) is 0 Å². The lowest BCUT2D eigenvalue weighted by Gasteiger charge is -2.22. The molecule has 0 unspecified atom stereocenters. The number of rotatable bonds is 6. The average molecular weight is 1020 g/mol. The summed E-state index contributed by atoms with van der Waals surface area (Å²) < 4.78 is 8.32. The van der Waals surface area contributed by atoms with Crippen molar-refractivity contribution in [3.05, 3.63) is 132 Å². The van der Waals surface area contributed by atoms with Crippen molar-refractivity contribution in [3.63, 3.8) is 0 Å². The summed E-state index contributed by atoms with van der Waals surface area (Å²) in [6.45, 7) is 14.9. The van der Waals surface area contributed by atoms with Crippen LogP contribution in [0, 0.1) is 13.8 Å². The Morgan fingerprint density at radius 1 is 0.566 bits per heavy atom. The third-order valence-electron chi connectivity index (χ3n) is 15.2. The Morgan fingerprint density at radius 2 is 1.00 bits per heavy atom. The van der Waals surface area contributed by atoms with Crippen LogP contribution in [0.2, 0.25) is 0 Å². The molecule has 0 fully saturated rings. The van der Waals surface area contributed by atoms with E-state index in [1.807, 2.05) is 100.0 Å². The topological polar surface area (TPSA) is 289 Å². The Morgan fingerprint density at radius 3 is 1.43 bits per heavy atom. The predicted octanol–water partition coefficient (Wildman–Crippen LogP) is 7.12. The molecule has 0 radical (unpaired) electrons. The largest absolute Gasteiger partial charge is 0.384 e. The number of hydrogen-bond donors (Lipinski definition) is 8. The lowest BCUT2D eigenvalue weighted by molar-refractivity contribution is 0.123. The van der Waals surface area contributed by atoms with E-state index >= 15 is 0 Å². The number of aliphatic hydroxyl groups excluding tert-OH is 2. The monoisotopic (exact) mass is 1020 g/mol. The van der Waals surface area contributed by atoms with Crippen LogP contribution in [0.1, 0.15) is 85.5 Å². The molecular weight excluding hydrogens is 961 g/mol. The van der Waals surface area contributed by atoms with Crippen LogP contribution in [0.3, 0.4) is 0 Å². The number of nitrogens with two attached hydrogens (primary N) is 2. The van der Waals surface area contributed by atoms with Crippen LogP contribution >= 0.6 is 0 Å². The summed E-state index contributed by atoms with van der Waals surface area (Å²) in [5.41, 5.74) is 22.1. The van der Waals surface area contributed by atoms with E-state index in [9.17, 15) is 10.2 Å². The SMILES string of the molecule is Cc1c(-c2cc3cc(Nc4cc5n(n4)Cc4nccn4CC5)ncc3c(N)n2)cnc2c1NC(C)(C)[C@@H]2O.Cc1c(-c2cc3cc(Nc4cc5n(n4)Cc4nccn4CC5)ncc3c(N)n2)cnc2c1NC(C)(C)[C@H]2O. The van der Waals surface area contributed by atoms with Crippen molar-refractivity contribution >= 4 is 67.8 Å². The fraction of sp³-hybridized carbons (Fsp3) is 0.296. The normalized spacial score (nSPS) is 17.4. The summed E-state index contributed by atoms with van der Waals surface area (Å²) >= 11 is 0. The van der Waals surface area contributed by atoms with Gasteiger partial charge in [-0.15, -0.1) is 0 Å². The van der Waals surface area contributed by atoms with Gasteiger partial charge in [-0.2, -0.15) is 10.2 Å². The maximum absolute atomic E-state index is 10.6. The fourth-order valence-electron chi connectivity index (χ4n) is 10.8. The first-order valence-corrected chi connectivity index (χ1v) is 25.3. The molecule has 10 aromatic heterocycles. The molecule has 10 N–H and O–H groups in total. The van der Waals surface area contributed by atoms with Crippen molar-refractivity contribution in [2.24, 2.45) is 0 Å². The maximum atomic E-state index is 10.6. The molecular formula is C54H56N20O2. The molecule has 10 aromatic rings. The van der Waals surface area contributed by atoms with Gasteiger partial charge in [0.05, 0.1) is 58.3 Å². The average Bonchev–Trinajstić information content (AvgIpc) is 4.25. The third-order valence-corrected chi connectivity index (χ3v) is 15.2. The van der Waals surface area contributed by atoms with Gasteiger partial charge in [0.15, 0.2) is 11.6 Å². The van der Waals surface area contributed by atoms with Crippen LogP contribution in [-0.2, 0) is 39.0 Å². The number of fused-ring (bicyclic) bond motifs is 8. The predicted molar refractivity (Wildman–Crippen MR) is 290 cm³/mol. The van der Waals surface area contributed by atoms with Crippen molar-refractivity contribution in [3.8, 4) is 22.5 Å². The minimum absolute atomic E-state index is 0.397. The molecule has 2 atom stereocenters. The van der Waals surface area contributed by atoms with Gasteiger partial charge in [-0.1, -0.05) is 0 Å². The Kier molecular flexibility index (Phi) is 10.6. The Labute approximate surface area is 435 Å². The zero-order valence-electron chi connectivity index (χ0n) is 42.8. The second-order valence-corrected chi connectivity index (χ2v) is 21.2. The number of pyridine rings is 6. The fourth-order valence-corrected chi connectivity index (χ4v) is 10.8. The first kappa shape index (κ1) is 46.7. The molecule has 76 heavy (non-hydrogen) atoms. The molecule has 4 aliphatic heterocycles. The van der Waals surface area contributed by atoms with Crippen molar-refractivity contribution in [1.82, 2.24) is 68.6 Å². The highest BCUT2D eigenvalue weighted by Gasteiger charge is 2.41. The van der Waals surface area contributed by atoms with Crippen LogP contribution in [0.4, 0.5) is 46.3 Å². The molecule has 0 saturated heterocycles. The quantitative estimate of drug-likeness (QED) is 0.0822. The smallest absolute Gasteiger partial charge is 0.153 e. The summed E-state index contributed by atoms with van der Waals surface area (Å²) in [5.74, 6) is 5.60. The molecule has 22 heteroatoms. The molecule has 4 aliphatic rings. The van der Waals surface area contributed by atoms with Crippen molar-refractivity contribution < 1.29 is 10.2 Å². The number of aliphatic hydroxyl groups is 2. The van der Waals surface area contributed by atoms with Crippen LogP contribution in [0.5, 0.6) is 0 Å². The van der Waals surface area contributed by atoms with Crippen molar-refractivity contribution in [2.45, 2.75) is 104 Å². The lowest BCUT2D eigenvalue weighted by atomic mass is 9.98. The molecule has 0 amide bonds. The van der Waals surface area contributed by atoms with E-state index in [4.69, 9.17) is 21.7 Å². The van der Waals surface area contributed by atoms with Crippen LogP contribution in [0.25, 0.3) is 44.1 Å². The highest BCUT2D eigenvalue weighted by molar-refractivity contribution is 5.96. The molecule has 0 spiro atoms. The third kappa shape index (κ3) is 7.94. The molecule has 14 rings (SSSR count). The number of aryl methyl sites for hydroxylation is 4. The zero-order valence-corrected chi connectivity index (χ0v) is 42.8. The minimum Gasteiger partial charge on any atom is -0.384 e. The first-order valence-electron chi connectivity index (χ1n) is 25.3. The van der Waals surface area contributed by atoms with E-state index in [0.717, 1.165) is 116 Å². The van der Waals surface area contributed by atoms with Gasteiger partial charge in [0.2, 0.25) is 0 Å². The van der Waals surface area contributed by atoms with E-state index < -0.39 is 23.3 Å². The minimum atomic E-state index is -0.681. The van der Waals surface area contributed by atoms with Gasteiger partial charge in [-0.3, -0.25) is 19.3 Å². The number of imidazole rings is 2. The molecule has 0 aliphatic carbocycles. The number of nitrogens with zero attached hydrogens (tertiary/aromatic N) is 14. The summed E-state index contributed by atoms with van der Waals surface area (Å²) in [6, 6.07) is 12.0. The highest BCUT2D eigenvalue weighted by atomic mass is 16.3. The summed E-state index contributed by atoms with van der Waals surface area (Å²) in [5, 5.41) is 47.7. The summed E-state index contributed by atoms with van der Waals surface area (Å²) in [6.07, 6.45) is 15.1.